The minimum absolute atomic E-state index is 0.147. The predicted molar refractivity (Wildman–Crippen MR) is 45.2 cm³/mol. The van der Waals surface area contributed by atoms with Gasteiger partial charge in [0, 0.05) is 18.3 Å². The number of amides is 1. The molecular weight excluding hydrogens is 140 g/mol. The number of rotatable bonds is 1. The Bertz CT molecular complexity index is 404. The van der Waals surface area contributed by atoms with Gasteiger partial charge in [-0.25, -0.2) is 0 Å². The molecule has 3 nitrogen and oxygen atoms in total. The fraction of sp³-hybridized carbons (Fsp3) is 0.125. The minimum Gasteiger partial charge on any atom is -0.399 e. The Kier molecular flexibility index (Phi) is 1.04. The molecule has 1 rings (SSSR count). The molecule has 0 unspecified atom stereocenters. The average Bonchev–Trinajstić information content (AvgIpc) is 2.18. The van der Waals surface area contributed by atoms with E-state index >= 15 is 0 Å². The van der Waals surface area contributed by atoms with Gasteiger partial charge in [0.2, 0.25) is 5.91 Å². The van der Waals surface area contributed by atoms with E-state index in [0.717, 1.165) is 0 Å². The van der Waals surface area contributed by atoms with Crippen LogP contribution in [-0.2, 0) is 4.79 Å². The number of nitrogen functional groups attached to an aromatic ring is 1. The molecule has 0 fully saturated rings. The first-order valence-corrected chi connectivity index (χ1v) is 2.99. The van der Waals surface area contributed by atoms with E-state index in [2.05, 4.69) is 5.32 Å². The van der Waals surface area contributed by atoms with E-state index in [1.807, 2.05) is 0 Å². The number of carbonyl (C=O) groups is 1. The van der Waals surface area contributed by atoms with Crippen LogP contribution in [0, 0.1) is 0 Å². The second-order valence-electron chi connectivity index (χ2n) is 1.97. The van der Waals surface area contributed by atoms with E-state index in [9.17, 15) is 4.79 Å². The number of anilines is 2. The molecule has 0 saturated carbocycles. The van der Waals surface area contributed by atoms with Gasteiger partial charge < -0.3 is 11.1 Å². The molecule has 0 aliphatic carbocycles. The van der Waals surface area contributed by atoms with Crippen molar-refractivity contribution >= 4 is 17.3 Å². The molecule has 58 valence electrons. The first-order valence-electron chi connectivity index (χ1n) is 4.99. The summed E-state index contributed by atoms with van der Waals surface area (Å²) in [6.07, 6.45) is 0. The van der Waals surface area contributed by atoms with Crippen molar-refractivity contribution in [3.05, 3.63) is 24.2 Å². The summed E-state index contributed by atoms with van der Waals surface area (Å²) in [6.45, 7) is 1.22. The standard InChI is InChI=1S/C8H10N2O/c1-6(11)10-8-4-2-7(9)3-5-8/h2-5H,9H2,1H3,(H,10,11)/i2D,3D,4D,5D. The molecule has 1 amide bonds. The van der Waals surface area contributed by atoms with Crippen molar-refractivity contribution in [2.45, 2.75) is 6.92 Å². The lowest BCUT2D eigenvalue weighted by Crippen LogP contribution is -2.05. The Morgan fingerprint density at radius 2 is 2.09 bits per heavy atom. The summed E-state index contributed by atoms with van der Waals surface area (Å²) < 4.78 is 29.8. The summed E-state index contributed by atoms with van der Waals surface area (Å²) >= 11 is 0. The minimum atomic E-state index is -0.458. The Morgan fingerprint density at radius 1 is 1.55 bits per heavy atom. The summed E-state index contributed by atoms with van der Waals surface area (Å²) in [4.78, 5) is 10.8. The number of nitrogens with one attached hydrogen (secondary N) is 1. The maximum Gasteiger partial charge on any atom is 0.221 e. The van der Waals surface area contributed by atoms with Crippen LogP contribution in [0.5, 0.6) is 0 Å². The van der Waals surface area contributed by atoms with Gasteiger partial charge in [-0.15, -0.1) is 0 Å². The van der Waals surface area contributed by atoms with Crippen LogP contribution in [0.15, 0.2) is 24.2 Å². The topological polar surface area (TPSA) is 55.1 Å². The second kappa shape index (κ2) is 3.05. The van der Waals surface area contributed by atoms with Gasteiger partial charge in [-0.2, -0.15) is 0 Å². The summed E-state index contributed by atoms with van der Waals surface area (Å²) in [7, 11) is 0. The van der Waals surface area contributed by atoms with E-state index in [-0.39, 0.29) is 35.5 Å². The highest BCUT2D eigenvalue weighted by Crippen LogP contribution is 2.09. The van der Waals surface area contributed by atoms with Crippen LogP contribution in [0.4, 0.5) is 11.4 Å². The van der Waals surface area contributed by atoms with Crippen LogP contribution in [-0.4, -0.2) is 5.91 Å². The second-order valence-corrected chi connectivity index (χ2v) is 1.97. The molecule has 0 aliphatic heterocycles. The Balaban J connectivity index is 3.45. The summed E-state index contributed by atoms with van der Waals surface area (Å²) in [6, 6.07) is -1.38. The number of benzene rings is 1. The Labute approximate surface area is 70.8 Å². The molecule has 1 aromatic rings. The van der Waals surface area contributed by atoms with E-state index < -0.39 is 5.91 Å². The van der Waals surface area contributed by atoms with Gasteiger partial charge in [0.25, 0.3) is 0 Å². The van der Waals surface area contributed by atoms with Crippen molar-refractivity contribution in [3.63, 3.8) is 0 Å². The average molecular weight is 154 g/mol. The van der Waals surface area contributed by atoms with Crippen molar-refractivity contribution < 1.29 is 10.3 Å². The highest BCUT2D eigenvalue weighted by Gasteiger charge is 1.92. The highest BCUT2D eigenvalue weighted by molar-refractivity contribution is 5.88. The smallest absolute Gasteiger partial charge is 0.221 e. The van der Waals surface area contributed by atoms with Crippen LogP contribution in [0.25, 0.3) is 0 Å². The van der Waals surface area contributed by atoms with Crippen LogP contribution in [0.1, 0.15) is 12.4 Å². The van der Waals surface area contributed by atoms with E-state index in [4.69, 9.17) is 11.2 Å². The summed E-state index contributed by atoms with van der Waals surface area (Å²) in [5.74, 6) is -0.458. The summed E-state index contributed by atoms with van der Waals surface area (Å²) in [5.41, 5.74) is 4.99. The van der Waals surface area contributed by atoms with Gasteiger partial charge in [-0.3, -0.25) is 4.79 Å². The van der Waals surface area contributed by atoms with Crippen LogP contribution in [0.3, 0.4) is 0 Å². The third-order valence-electron chi connectivity index (χ3n) is 0.945. The molecule has 0 atom stereocenters. The van der Waals surface area contributed by atoms with Crippen LogP contribution >= 0.6 is 0 Å². The molecule has 11 heavy (non-hydrogen) atoms. The van der Waals surface area contributed by atoms with E-state index in [0.29, 0.717) is 0 Å². The lowest BCUT2D eigenvalue weighted by atomic mass is 10.3. The maximum absolute atomic E-state index is 10.8. The monoisotopic (exact) mass is 154 g/mol. The quantitative estimate of drug-likeness (QED) is 0.598. The van der Waals surface area contributed by atoms with E-state index in [1.54, 1.807) is 0 Å². The number of nitrogens with two attached hydrogens (primary N) is 1. The zero-order chi connectivity index (χ0) is 11.7. The van der Waals surface area contributed by atoms with Gasteiger partial charge in [-0.1, -0.05) is 0 Å². The third-order valence-corrected chi connectivity index (χ3v) is 0.945. The van der Waals surface area contributed by atoms with Crippen LogP contribution < -0.4 is 11.1 Å². The van der Waals surface area contributed by atoms with Crippen molar-refractivity contribution in [1.29, 1.82) is 0 Å². The maximum atomic E-state index is 10.8. The zero-order valence-corrected chi connectivity index (χ0v) is 5.99. The van der Waals surface area contributed by atoms with Crippen molar-refractivity contribution in [1.82, 2.24) is 0 Å². The molecule has 3 N–H and O–H groups in total. The largest absolute Gasteiger partial charge is 0.399 e. The molecule has 0 saturated heterocycles. The van der Waals surface area contributed by atoms with Gasteiger partial charge in [0.1, 0.15) is 0 Å². The molecule has 0 spiro atoms. The first kappa shape index (κ1) is 3.76. The normalized spacial score (nSPS) is 14.3. The number of hydrogen-bond donors (Lipinski definition) is 2. The first-order chi connectivity index (χ1) is 6.86. The molecule has 0 radical (unpaired) electrons. The lowest BCUT2D eigenvalue weighted by Gasteiger charge is -2.00. The van der Waals surface area contributed by atoms with E-state index in [1.165, 1.54) is 6.92 Å². The predicted octanol–water partition coefficient (Wildman–Crippen LogP) is 1.23. The highest BCUT2D eigenvalue weighted by atomic mass is 16.1. The van der Waals surface area contributed by atoms with Crippen LogP contribution in [0.2, 0.25) is 0 Å². The summed E-state index contributed by atoms with van der Waals surface area (Å²) in [5, 5.41) is 2.24. The molecule has 0 bridgehead atoms. The van der Waals surface area contributed by atoms with Crippen molar-refractivity contribution in [2.24, 2.45) is 0 Å². The van der Waals surface area contributed by atoms with Crippen molar-refractivity contribution in [2.75, 3.05) is 11.1 Å². The van der Waals surface area contributed by atoms with Crippen molar-refractivity contribution in [3.8, 4) is 0 Å². The Morgan fingerprint density at radius 3 is 2.55 bits per heavy atom. The number of carbonyl (C=O) groups excluding carboxylic acids is 1. The fourth-order valence-corrected chi connectivity index (χ4v) is 0.561. The molecule has 0 heterocycles. The van der Waals surface area contributed by atoms with Gasteiger partial charge in [-0.05, 0) is 24.2 Å². The van der Waals surface area contributed by atoms with Gasteiger partial charge in [0.05, 0.1) is 5.48 Å². The third kappa shape index (κ3) is 2.29. The molecule has 0 aromatic heterocycles. The Hall–Kier alpha value is -1.51. The number of hydrogen-bond acceptors (Lipinski definition) is 2. The van der Waals surface area contributed by atoms with Gasteiger partial charge >= 0.3 is 0 Å². The molecular formula is C8H10N2O. The zero-order valence-electron chi connectivity index (χ0n) is 9.99. The SMILES string of the molecule is [2H]c1c([2H])c(NC(C)=O)c([2H])c([2H])c1N. The fourth-order valence-electron chi connectivity index (χ4n) is 0.561. The lowest BCUT2D eigenvalue weighted by molar-refractivity contribution is -0.114. The van der Waals surface area contributed by atoms with Gasteiger partial charge in [0.15, 0.2) is 0 Å². The molecule has 0 aliphatic rings. The molecule has 3 heteroatoms. The molecule has 1 aromatic carbocycles.